The Hall–Kier alpha value is -2.77. The number of amides is 2. The molecule has 0 unspecified atom stereocenters. The second-order valence-corrected chi connectivity index (χ2v) is 6.96. The van der Waals surface area contributed by atoms with Gasteiger partial charge in [0.1, 0.15) is 5.82 Å². The number of para-hydroxylation sites is 1. The maximum Gasteiger partial charge on any atom is 0.317 e. The molecule has 1 saturated heterocycles. The highest BCUT2D eigenvalue weighted by molar-refractivity contribution is 5.74. The van der Waals surface area contributed by atoms with Crippen molar-refractivity contribution in [2.75, 3.05) is 25.5 Å². The summed E-state index contributed by atoms with van der Waals surface area (Å²) in [6.07, 6.45) is 2.33. The molecule has 0 spiro atoms. The van der Waals surface area contributed by atoms with Gasteiger partial charge in [-0.05, 0) is 31.4 Å². The van der Waals surface area contributed by atoms with Crippen molar-refractivity contribution in [3.8, 4) is 5.88 Å². The Kier molecular flexibility index (Phi) is 6.38. The van der Waals surface area contributed by atoms with E-state index in [0.717, 1.165) is 30.5 Å². The number of ether oxygens (including phenoxy) is 1. The number of rotatable bonds is 6. The predicted molar refractivity (Wildman–Crippen MR) is 106 cm³/mol. The summed E-state index contributed by atoms with van der Waals surface area (Å²) >= 11 is 0. The topological polar surface area (TPSA) is 71.4 Å². The van der Waals surface area contributed by atoms with Crippen molar-refractivity contribution in [3.63, 3.8) is 0 Å². The average Bonchev–Trinajstić information content (AvgIpc) is 3.03. The molecular formula is C20H28FN5O2. The highest BCUT2D eigenvalue weighted by atomic mass is 19.1. The van der Waals surface area contributed by atoms with Crippen LogP contribution in [0.1, 0.15) is 31.0 Å². The van der Waals surface area contributed by atoms with Gasteiger partial charge >= 0.3 is 6.03 Å². The second-order valence-electron chi connectivity index (χ2n) is 6.96. The number of aromatic nitrogens is 2. The highest BCUT2D eigenvalue weighted by Crippen LogP contribution is 2.22. The first-order chi connectivity index (χ1) is 13.5. The lowest BCUT2D eigenvalue weighted by Gasteiger charge is -2.33. The van der Waals surface area contributed by atoms with E-state index in [2.05, 4.69) is 15.7 Å². The molecule has 0 atom stereocenters. The Morgan fingerprint density at radius 1 is 1.32 bits per heavy atom. The Labute approximate surface area is 164 Å². The zero-order valence-electron chi connectivity index (χ0n) is 16.7. The number of halogens is 1. The molecule has 28 heavy (non-hydrogen) atoms. The van der Waals surface area contributed by atoms with Crippen molar-refractivity contribution in [1.82, 2.24) is 20.0 Å². The van der Waals surface area contributed by atoms with Crippen molar-refractivity contribution < 1.29 is 13.9 Å². The summed E-state index contributed by atoms with van der Waals surface area (Å²) in [5.74, 6) is 0.421. The molecule has 1 aliphatic heterocycles. The van der Waals surface area contributed by atoms with Crippen LogP contribution in [0.3, 0.4) is 0 Å². The van der Waals surface area contributed by atoms with E-state index in [1.165, 1.54) is 6.07 Å². The number of hydrogen-bond acceptors (Lipinski definition) is 4. The highest BCUT2D eigenvalue weighted by Gasteiger charge is 2.24. The summed E-state index contributed by atoms with van der Waals surface area (Å²) in [6.45, 7) is 3.67. The molecule has 0 bridgehead atoms. The molecule has 2 amide bonds. The zero-order valence-corrected chi connectivity index (χ0v) is 16.7. The minimum absolute atomic E-state index is 0.0997. The van der Waals surface area contributed by atoms with E-state index < -0.39 is 0 Å². The van der Waals surface area contributed by atoms with Gasteiger partial charge in [0.2, 0.25) is 5.88 Å². The van der Waals surface area contributed by atoms with Gasteiger partial charge in [0.25, 0.3) is 0 Å². The second kappa shape index (κ2) is 8.95. The number of methoxy groups -OCH3 is 1. The Morgan fingerprint density at radius 2 is 2.04 bits per heavy atom. The van der Waals surface area contributed by atoms with Crippen molar-refractivity contribution in [2.24, 2.45) is 7.05 Å². The minimum Gasteiger partial charge on any atom is -0.481 e. The van der Waals surface area contributed by atoms with Crippen molar-refractivity contribution in [2.45, 2.75) is 38.8 Å². The molecular weight excluding hydrogens is 361 g/mol. The van der Waals surface area contributed by atoms with Gasteiger partial charge in [-0.15, -0.1) is 0 Å². The number of carbonyl (C=O) groups is 1. The molecule has 8 heteroatoms. The van der Waals surface area contributed by atoms with Gasteiger partial charge in [-0.25, -0.2) is 13.9 Å². The van der Waals surface area contributed by atoms with Gasteiger partial charge in [-0.3, -0.25) is 0 Å². The van der Waals surface area contributed by atoms with Crippen LogP contribution in [-0.2, 0) is 20.0 Å². The van der Waals surface area contributed by atoms with Crippen LogP contribution in [0.5, 0.6) is 5.88 Å². The van der Waals surface area contributed by atoms with Gasteiger partial charge in [0, 0.05) is 26.2 Å². The predicted octanol–water partition coefficient (Wildman–Crippen LogP) is 2.92. The van der Waals surface area contributed by atoms with Crippen LogP contribution >= 0.6 is 0 Å². The number of benzene rings is 1. The Bertz CT molecular complexity index is 815. The number of hydrogen-bond donors (Lipinski definition) is 2. The number of nitrogens with zero attached hydrogens (tertiary/aromatic N) is 3. The number of piperidine rings is 1. The van der Waals surface area contributed by atoms with Crippen molar-refractivity contribution >= 4 is 11.7 Å². The molecule has 1 fully saturated rings. The summed E-state index contributed by atoms with van der Waals surface area (Å²) in [5.41, 5.74) is 2.35. The molecule has 1 aromatic heterocycles. The van der Waals surface area contributed by atoms with Crippen LogP contribution in [0.15, 0.2) is 24.3 Å². The number of anilines is 1. The summed E-state index contributed by atoms with van der Waals surface area (Å²) in [6, 6.07) is 6.73. The molecule has 2 aromatic rings. The van der Waals surface area contributed by atoms with Crippen LogP contribution in [0.25, 0.3) is 0 Å². The molecule has 2 heterocycles. The third-order valence-electron chi connectivity index (χ3n) is 5.13. The first-order valence-corrected chi connectivity index (χ1v) is 9.66. The first kappa shape index (κ1) is 20.0. The van der Waals surface area contributed by atoms with E-state index in [1.54, 1.807) is 28.8 Å². The summed E-state index contributed by atoms with van der Waals surface area (Å²) < 4.78 is 20.9. The van der Waals surface area contributed by atoms with E-state index in [9.17, 15) is 9.18 Å². The molecule has 7 nitrogen and oxygen atoms in total. The number of urea groups is 1. The van der Waals surface area contributed by atoms with Gasteiger partial charge in [-0.1, -0.05) is 19.1 Å². The van der Waals surface area contributed by atoms with Crippen LogP contribution in [0, 0.1) is 5.82 Å². The zero-order chi connectivity index (χ0) is 20.1. The van der Waals surface area contributed by atoms with E-state index in [1.807, 2.05) is 20.0 Å². The van der Waals surface area contributed by atoms with Gasteiger partial charge in [0.05, 0.1) is 30.6 Å². The maximum absolute atomic E-state index is 13.8. The third kappa shape index (κ3) is 4.37. The van der Waals surface area contributed by atoms with Crippen LogP contribution in [0.2, 0.25) is 0 Å². The summed E-state index contributed by atoms with van der Waals surface area (Å²) in [7, 11) is 3.44. The lowest BCUT2D eigenvalue weighted by Crippen LogP contribution is -2.46. The molecule has 152 valence electrons. The maximum atomic E-state index is 13.8. The fourth-order valence-corrected chi connectivity index (χ4v) is 3.62. The number of aryl methyl sites for hydroxylation is 2. The van der Waals surface area contributed by atoms with E-state index in [0.29, 0.717) is 31.2 Å². The monoisotopic (exact) mass is 389 g/mol. The van der Waals surface area contributed by atoms with Crippen LogP contribution in [-0.4, -0.2) is 47.0 Å². The minimum atomic E-state index is -0.250. The molecule has 0 saturated carbocycles. The van der Waals surface area contributed by atoms with Crippen LogP contribution < -0.4 is 15.4 Å². The largest absolute Gasteiger partial charge is 0.481 e. The number of carbonyl (C=O) groups excluding carboxylic acids is 1. The lowest BCUT2D eigenvalue weighted by molar-refractivity contribution is 0.183. The fourth-order valence-electron chi connectivity index (χ4n) is 3.62. The molecule has 2 N–H and O–H groups in total. The Morgan fingerprint density at radius 3 is 2.68 bits per heavy atom. The van der Waals surface area contributed by atoms with Gasteiger partial charge in [0.15, 0.2) is 0 Å². The SMILES string of the molecule is CCc1nn(C)c(OC)c1CNC(=O)N1CCC(Nc2ccccc2F)CC1. The average molecular weight is 389 g/mol. The summed E-state index contributed by atoms with van der Waals surface area (Å²) in [5, 5.41) is 10.7. The lowest BCUT2D eigenvalue weighted by atomic mass is 10.0. The van der Waals surface area contributed by atoms with Crippen molar-refractivity contribution in [3.05, 3.63) is 41.3 Å². The molecule has 0 radical (unpaired) electrons. The van der Waals surface area contributed by atoms with E-state index in [4.69, 9.17) is 4.74 Å². The number of nitrogens with one attached hydrogen (secondary N) is 2. The molecule has 1 aliphatic rings. The molecule has 0 aliphatic carbocycles. The standard InChI is InChI=1S/C20H28FN5O2/c1-4-17-15(19(28-3)25(2)24-17)13-22-20(27)26-11-9-14(10-12-26)23-18-8-6-5-7-16(18)21/h5-8,14,23H,4,9-13H2,1-3H3,(H,22,27). The fraction of sp³-hybridized carbons (Fsp3) is 0.500. The van der Waals surface area contributed by atoms with Gasteiger partial charge < -0.3 is 20.3 Å². The normalized spacial score (nSPS) is 14.8. The molecule has 3 rings (SSSR count). The smallest absolute Gasteiger partial charge is 0.317 e. The van der Waals surface area contributed by atoms with E-state index >= 15 is 0 Å². The molecule has 1 aromatic carbocycles. The first-order valence-electron chi connectivity index (χ1n) is 9.66. The van der Waals surface area contributed by atoms with Crippen molar-refractivity contribution in [1.29, 1.82) is 0 Å². The quantitative estimate of drug-likeness (QED) is 0.797. The van der Waals surface area contributed by atoms with Gasteiger partial charge in [-0.2, -0.15) is 5.10 Å². The Balaban J connectivity index is 1.51. The number of likely N-dealkylation sites (tertiary alicyclic amines) is 1. The van der Waals surface area contributed by atoms with E-state index in [-0.39, 0.29) is 17.9 Å². The summed E-state index contributed by atoms with van der Waals surface area (Å²) in [4.78, 5) is 14.4. The van der Waals surface area contributed by atoms with Crippen LogP contribution in [0.4, 0.5) is 14.9 Å². The third-order valence-corrected chi connectivity index (χ3v) is 5.13.